The van der Waals surface area contributed by atoms with E-state index in [2.05, 4.69) is 76.9 Å². The molecule has 0 spiro atoms. The van der Waals surface area contributed by atoms with Crippen LogP contribution in [0, 0.1) is 0 Å². The lowest BCUT2D eigenvalue weighted by Crippen LogP contribution is -2.10. The zero-order chi connectivity index (χ0) is 17.3. The summed E-state index contributed by atoms with van der Waals surface area (Å²) in [5.41, 5.74) is 1.23. The zero-order valence-electron chi connectivity index (χ0n) is 11.8. The van der Waals surface area contributed by atoms with Crippen molar-refractivity contribution in [3.05, 3.63) is 66.9 Å². The summed E-state index contributed by atoms with van der Waals surface area (Å²) in [7, 11) is 0. The second-order valence-corrected chi connectivity index (χ2v) is 6.79. The van der Waals surface area contributed by atoms with E-state index in [4.69, 9.17) is 4.74 Å². The fourth-order valence-corrected chi connectivity index (χ4v) is 3.19. The van der Waals surface area contributed by atoms with Gasteiger partial charge in [-0.2, -0.15) is 0 Å². The van der Waals surface area contributed by atoms with Crippen LogP contribution >= 0.6 is 63.7 Å². The van der Waals surface area contributed by atoms with E-state index in [0.29, 0.717) is 25.9 Å². The van der Waals surface area contributed by atoms with Gasteiger partial charge in [-0.05, 0) is 62.1 Å². The maximum Gasteiger partial charge on any atom is 0.140 e. The van der Waals surface area contributed by atoms with Crippen molar-refractivity contribution in [1.29, 1.82) is 0 Å². The Kier molecular flexibility index (Phi) is 11.4. The Hall–Kier alpha value is -0.0800. The highest BCUT2D eigenvalue weighted by Crippen LogP contribution is 2.26. The van der Waals surface area contributed by atoms with Gasteiger partial charge in [0.1, 0.15) is 18.1 Å². The largest absolute Gasteiger partial charge is 0.506 e. The summed E-state index contributed by atoms with van der Waals surface area (Å²) in [6, 6.07) is 0. The Morgan fingerprint density at radius 2 is 1.59 bits per heavy atom. The van der Waals surface area contributed by atoms with Gasteiger partial charge in [0, 0.05) is 9.97 Å². The first kappa shape index (κ1) is 21.9. The summed E-state index contributed by atoms with van der Waals surface area (Å²) in [6.07, 6.45) is 2.79. The Morgan fingerprint density at radius 3 is 2.00 bits per heavy atom. The van der Waals surface area contributed by atoms with Gasteiger partial charge in [0.05, 0.1) is 15.1 Å². The molecule has 0 bridgehead atoms. The third-order valence-corrected chi connectivity index (χ3v) is 4.28. The van der Waals surface area contributed by atoms with Crippen LogP contribution in [0.4, 0.5) is 0 Å². The fourth-order valence-electron chi connectivity index (χ4n) is 1.05. The van der Waals surface area contributed by atoms with Crippen molar-refractivity contribution in [2.75, 3.05) is 6.61 Å². The van der Waals surface area contributed by atoms with Gasteiger partial charge >= 0.3 is 0 Å². The van der Waals surface area contributed by atoms with Crippen molar-refractivity contribution in [3.63, 3.8) is 0 Å². The number of aliphatic hydroxyl groups excluding tert-OH is 2. The molecule has 3 nitrogen and oxygen atoms in total. The van der Waals surface area contributed by atoms with Gasteiger partial charge in [0.15, 0.2) is 0 Å². The second kappa shape index (κ2) is 11.5. The van der Waals surface area contributed by atoms with E-state index in [1.807, 2.05) is 0 Å². The van der Waals surface area contributed by atoms with Gasteiger partial charge in [-0.15, -0.1) is 0 Å². The molecule has 2 N–H and O–H groups in total. The first-order valence-electron chi connectivity index (χ1n) is 5.96. The molecule has 0 aromatic heterocycles. The molecule has 0 fully saturated rings. The molecule has 1 unspecified atom stereocenters. The van der Waals surface area contributed by atoms with E-state index in [1.54, 1.807) is 24.1 Å². The Balaban J connectivity index is 5.03. The van der Waals surface area contributed by atoms with Crippen LogP contribution < -0.4 is 0 Å². The van der Waals surface area contributed by atoms with Crippen LogP contribution in [0.5, 0.6) is 0 Å². The minimum absolute atomic E-state index is 0.0401. The molecule has 0 aliphatic carbocycles. The molecule has 0 amide bonds. The minimum Gasteiger partial charge on any atom is -0.506 e. The molecule has 0 radical (unpaired) electrons. The molecule has 0 saturated heterocycles. The molecule has 0 aliphatic heterocycles. The van der Waals surface area contributed by atoms with Gasteiger partial charge in [-0.1, -0.05) is 45.0 Å². The fraction of sp³-hybridized carbons (Fsp3) is 0.200. The van der Waals surface area contributed by atoms with E-state index < -0.39 is 6.10 Å². The second-order valence-electron chi connectivity index (χ2n) is 4.16. The third-order valence-electron chi connectivity index (χ3n) is 2.18. The lowest BCUT2D eigenvalue weighted by atomic mass is 10.1. The van der Waals surface area contributed by atoms with E-state index in [0.717, 1.165) is 0 Å². The van der Waals surface area contributed by atoms with Crippen molar-refractivity contribution < 1.29 is 14.9 Å². The molecular formula is C15H16Br4O3. The summed E-state index contributed by atoms with van der Waals surface area (Å²) in [6.45, 7) is 9.61. The molecule has 122 valence electrons. The molecule has 22 heavy (non-hydrogen) atoms. The molecule has 0 aromatic rings. The van der Waals surface area contributed by atoms with E-state index in [9.17, 15) is 10.2 Å². The highest BCUT2D eigenvalue weighted by molar-refractivity contribution is 9.12. The Labute approximate surface area is 164 Å². The maximum atomic E-state index is 9.53. The van der Waals surface area contributed by atoms with Crippen LogP contribution in [0.1, 0.15) is 6.92 Å². The van der Waals surface area contributed by atoms with Crippen LogP contribution in [0.2, 0.25) is 0 Å². The van der Waals surface area contributed by atoms with Crippen LogP contribution in [0.25, 0.3) is 0 Å². The topological polar surface area (TPSA) is 49.7 Å². The summed E-state index contributed by atoms with van der Waals surface area (Å²) in [5, 5.41) is 18.8. The van der Waals surface area contributed by atoms with E-state index in [-0.39, 0.29) is 12.4 Å². The van der Waals surface area contributed by atoms with Crippen molar-refractivity contribution in [2.24, 2.45) is 0 Å². The first-order valence-corrected chi connectivity index (χ1v) is 9.38. The number of aliphatic hydroxyl groups is 2. The smallest absolute Gasteiger partial charge is 0.140 e. The number of allylic oxidation sites excluding steroid dienone is 6. The third kappa shape index (κ3) is 8.53. The summed E-state index contributed by atoms with van der Waals surface area (Å²) >= 11 is 12.9. The van der Waals surface area contributed by atoms with Crippen molar-refractivity contribution in [2.45, 2.75) is 13.0 Å². The van der Waals surface area contributed by atoms with Crippen LogP contribution in [0.15, 0.2) is 66.9 Å². The number of halogens is 4. The van der Waals surface area contributed by atoms with E-state index in [1.165, 1.54) is 4.99 Å². The quantitative estimate of drug-likeness (QED) is 0.278. The standard InChI is InChI=1S/C15H16Br4O3/c1-9(4-12(18)14(21)6-16)10(2)5-13(19)15(7-17)22-8-11(3)20/h4-7,11,20-21H,1-2,8H2,3H3/b12-4+,13-5+,14-6-,15-7-. The number of hydrogen-bond acceptors (Lipinski definition) is 3. The zero-order valence-corrected chi connectivity index (χ0v) is 18.2. The van der Waals surface area contributed by atoms with Crippen LogP contribution in [-0.4, -0.2) is 22.9 Å². The van der Waals surface area contributed by atoms with E-state index >= 15 is 0 Å². The Morgan fingerprint density at radius 1 is 1.09 bits per heavy atom. The van der Waals surface area contributed by atoms with Crippen molar-refractivity contribution >= 4 is 63.7 Å². The number of hydrogen-bond donors (Lipinski definition) is 2. The van der Waals surface area contributed by atoms with Crippen molar-refractivity contribution in [3.8, 4) is 0 Å². The molecule has 0 aromatic carbocycles. The molecule has 0 aliphatic rings. The van der Waals surface area contributed by atoms with Gasteiger partial charge in [0.2, 0.25) is 0 Å². The molecular weight excluding hydrogens is 548 g/mol. The lowest BCUT2D eigenvalue weighted by molar-refractivity contribution is 0.0883. The number of rotatable bonds is 8. The maximum absolute atomic E-state index is 9.53. The predicted molar refractivity (Wildman–Crippen MR) is 107 cm³/mol. The minimum atomic E-state index is -0.571. The highest BCUT2D eigenvalue weighted by Gasteiger charge is 2.07. The molecule has 0 saturated carbocycles. The van der Waals surface area contributed by atoms with Crippen molar-refractivity contribution in [1.82, 2.24) is 0 Å². The predicted octanol–water partition coefficient (Wildman–Crippen LogP) is 6.08. The Bertz CT molecular complexity index is 543. The summed E-state index contributed by atoms with van der Waals surface area (Å²) < 4.78 is 6.54. The summed E-state index contributed by atoms with van der Waals surface area (Å²) in [4.78, 5) is 2.97. The van der Waals surface area contributed by atoms with Gasteiger partial charge in [-0.25, -0.2) is 0 Å². The SMILES string of the molecule is C=C(/C=C(Br)\C(O)=C\Br)C(=C)/C=C(Br)\C(=C\Br)OCC(C)O. The average molecular weight is 564 g/mol. The van der Waals surface area contributed by atoms with Gasteiger partial charge < -0.3 is 14.9 Å². The number of ether oxygens (including phenoxy) is 1. The highest BCUT2D eigenvalue weighted by atomic mass is 79.9. The van der Waals surface area contributed by atoms with Gasteiger partial charge in [0.25, 0.3) is 0 Å². The van der Waals surface area contributed by atoms with Crippen LogP contribution in [0.3, 0.4) is 0 Å². The molecule has 0 heterocycles. The lowest BCUT2D eigenvalue weighted by Gasteiger charge is -2.11. The average Bonchev–Trinajstić information content (AvgIpc) is 2.46. The molecule has 1 atom stereocenters. The summed E-state index contributed by atoms with van der Waals surface area (Å²) in [5.74, 6) is 0.555. The molecule has 7 heteroatoms. The van der Waals surface area contributed by atoms with Gasteiger partial charge in [-0.3, -0.25) is 0 Å². The monoisotopic (exact) mass is 560 g/mol. The normalized spacial score (nSPS) is 15.5. The molecule has 0 rings (SSSR count). The van der Waals surface area contributed by atoms with Crippen LogP contribution in [-0.2, 0) is 4.74 Å². The first-order chi connectivity index (χ1) is 10.2.